The lowest BCUT2D eigenvalue weighted by Gasteiger charge is -2.04. The maximum Gasteiger partial charge on any atom is 0.0605 e. The van der Waals surface area contributed by atoms with Gasteiger partial charge in [0, 0.05) is 0 Å². The Kier molecular flexibility index (Phi) is 19.9. The van der Waals surface area contributed by atoms with Crippen molar-refractivity contribution in [1.82, 2.24) is 0 Å². The molecule has 0 heterocycles. The molecule has 0 aliphatic rings. The van der Waals surface area contributed by atoms with Gasteiger partial charge in [0.05, 0.1) is 4.95 Å². The molecule has 0 aromatic rings. The van der Waals surface area contributed by atoms with E-state index in [-0.39, 0.29) is 4.95 Å². The Morgan fingerprint density at radius 2 is 0.818 bits per heavy atom. The van der Waals surface area contributed by atoms with Crippen molar-refractivity contribution in [2.24, 2.45) is 5.73 Å². The van der Waals surface area contributed by atoms with Crippen LogP contribution in [0.2, 0.25) is 0 Å². The van der Waals surface area contributed by atoms with Crippen LogP contribution in [0.25, 0.3) is 0 Å². The fourth-order valence-corrected chi connectivity index (χ4v) is 3.39. The molecule has 1 unspecified atom stereocenters. The summed E-state index contributed by atoms with van der Waals surface area (Å²) in [5, 5.41) is 0. The molecule has 22 heavy (non-hydrogen) atoms. The van der Waals surface area contributed by atoms with Crippen molar-refractivity contribution in [3.05, 3.63) is 0 Å². The number of unbranched alkanes of at least 4 members (excludes halogenated alkanes) is 16. The molecule has 0 bridgehead atoms. The monoisotopic (exact) mass is 375 g/mol. The molecule has 0 aromatic heterocycles. The van der Waals surface area contributed by atoms with Gasteiger partial charge >= 0.3 is 0 Å². The minimum absolute atomic E-state index is 0.212. The summed E-state index contributed by atoms with van der Waals surface area (Å²) in [5.41, 5.74) is 5.68. The summed E-state index contributed by atoms with van der Waals surface area (Å²) in [7, 11) is 0. The van der Waals surface area contributed by atoms with E-state index in [1.54, 1.807) is 0 Å². The lowest BCUT2D eigenvalue weighted by molar-refractivity contribution is 0.525. The predicted molar refractivity (Wildman–Crippen MR) is 106 cm³/mol. The van der Waals surface area contributed by atoms with Crippen LogP contribution in [0.5, 0.6) is 0 Å². The van der Waals surface area contributed by atoms with Gasteiger partial charge in [-0.1, -0.05) is 132 Å². The molecule has 0 aliphatic heterocycles. The average Bonchev–Trinajstić information content (AvgIpc) is 2.50. The summed E-state index contributed by atoms with van der Waals surface area (Å²) >= 11 is 3.40. The number of halogens is 1. The van der Waals surface area contributed by atoms with Crippen LogP contribution in [0, 0.1) is 0 Å². The largest absolute Gasteiger partial charge is 0.319 e. The van der Waals surface area contributed by atoms with Crippen molar-refractivity contribution in [3.8, 4) is 0 Å². The van der Waals surface area contributed by atoms with Crippen LogP contribution in [-0.2, 0) is 0 Å². The molecule has 2 N–H and O–H groups in total. The highest BCUT2D eigenvalue weighted by Crippen LogP contribution is 2.14. The quantitative estimate of drug-likeness (QED) is 0.148. The van der Waals surface area contributed by atoms with Gasteiger partial charge in [-0.3, -0.25) is 0 Å². The standard InChI is InChI=1S/C20H42BrN/c1-2-3-4-5-6-7-8-9-10-11-12-13-14-15-16-17-18-19-20(21)22/h20H,2-19,22H2,1H3. The van der Waals surface area contributed by atoms with E-state index in [1.165, 1.54) is 109 Å². The molecule has 1 atom stereocenters. The summed E-state index contributed by atoms with van der Waals surface area (Å²) in [5.74, 6) is 0. The third kappa shape index (κ3) is 20.4. The smallest absolute Gasteiger partial charge is 0.0605 e. The average molecular weight is 376 g/mol. The molecule has 2 heteroatoms. The Morgan fingerprint density at radius 1 is 0.545 bits per heavy atom. The van der Waals surface area contributed by atoms with Gasteiger partial charge in [-0.15, -0.1) is 0 Å². The van der Waals surface area contributed by atoms with Crippen LogP contribution >= 0.6 is 15.9 Å². The van der Waals surface area contributed by atoms with Crippen LogP contribution in [-0.4, -0.2) is 4.95 Å². The first-order valence-corrected chi connectivity index (χ1v) is 11.1. The third-order valence-corrected chi connectivity index (χ3v) is 5.04. The van der Waals surface area contributed by atoms with Gasteiger partial charge in [0.25, 0.3) is 0 Å². The van der Waals surface area contributed by atoms with E-state index in [1.807, 2.05) is 0 Å². The zero-order chi connectivity index (χ0) is 16.3. The van der Waals surface area contributed by atoms with Crippen molar-refractivity contribution in [2.45, 2.75) is 127 Å². The van der Waals surface area contributed by atoms with Crippen molar-refractivity contribution >= 4 is 15.9 Å². The molecule has 0 saturated carbocycles. The van der Waals surface area contributed by atoms with E-state index in [4.69, 9.17) is 5.73 Å². The summed E-state index contributed by atoms with van der Waals surface area (Å²) in [4.78, 5) is 0.212. The SMILES string of the molecule is CCCCCCCCCCCCCCCCCCCC(N)Br. The number of rotatable bonds is 18. The van der Waals surface area contributed by atoms with Crippen LogP contribution < -0.4 is 5.73 Å². The minimum Gasteiger partial charge on any atom is -0.319 e. The highest BCUT2D eigenvalue weighted by Gasteiger charge is 1.96. The molecular weight excluding hydrogens is 334 g/mol. The van der Waals surface area contributed by atoms with Gasteiger partial charge in [-0.25, -0.2) is 0 Å². The van der Waals surface area contributed by atoms with Crippen molar-refractivity contribution in [2.75, 3.05) is 0 Å². The maximum absolute atomic E-state index is 5.68. The molecule has 134 valence electrons. The minimum atomic E-state index is 0.212. The van der Waals surface area contributed by atoms with Crippen molar-refractivity contribution in [1.29, 1.82) is 0 Å². The first-order valence-electron chi connectivity index (χ1n) is 10.2. The first-order chi connectivity index (χ1) is 10.8. The lowest BCUT2D eigenvalue weighted by atomic mass is 10.0. The number of hydrogen-bond acceptors (Lipinski definition) is 1. The second-order valence-corrected chi connectivity index (χ2v) is 8.14. The zero-order valence-corrected chi connectivity index (χ0v) is 16.8. The van der Waals surface area contributed by atoms with Crippen molar-refractivity contribution < 1.29 is 0 Å². The van der Waals surface area contributed by atoms with Gasteiger partial charge in [0.2, 0.25) is 0 Å². The van der Waals surface area contributed by atoms with Gasteiger partial charge in [-0.2, -0.15) is 0 Å². The van der Waals surface area contributed by atoms with Gasteiger partial charge in [0.15, 0.2) is 0 Å². The summed E-state index contributed by atoms with van der Waals surface area (Å²) in [6.07, 6.45) is 25.5. The van der Waals surface area contributed by atoms with Gasteiger partial charge in [-0.05, 0) is 6.42 Å². The van der Waals surface area contributed by atoms with Gasteiger partial charge < -0.3 is 5.73 Å². The van der Waals surface area contributed by atoms with Crippen LogP contribution in [0.4, 0.5) is 0 Å². The molecule has 1 nitrogen and oxygen atoms in total. The number of nitrogens with two attached hydrogens (primary N) is 1. The zero-order valence-electron chi connectivity index (χ0n) is 15.3. The molecule has 0 rings (SSSR count). The second kappa shape index (κ2) is 19.5. The predicted octanol–water partition coefficient (Wildman–Crippen LogP) is 7.71. The molecule has 0 spiro atoms. The Labute approximate surface area is 149 Å². The van der Waals surface area contributed by atoms with Crippen LogP contribution in [0.1, 0.15) is 122 Å². The Morgan fingerprint density at radius 3 is 1.09 bits per heavy atom. The molecule has 0 radical (unpaired) electrons. The Bertz CT molecular complexity index is 194. The second-order valence-electron chi connectivity index (χ2n) is 6.96. The molecule has 0 saturated heterocycles. The normalized spacial score (nSPS) is 12.7. The van der Waals surface area contributed by atoms with E-state index >= 15 is 0 Å². The van der Waals surface area contributed by atoms with Crippen LogP contribution in [0.3, 0.4) is 0 Å². The van der Waals surface area contributed by atoms with E-state index in [9.17, 15) is 0 Å². The van der Waals surface area contributed by atoms with E-state index in [0.29, 0.717) is 0 Å². The fourth-order valence-electron chi connectivity index (χ4n) is 3.06. The highest BCUT2D eigenvalue weighted by molar-refractivity contribution is 9.09. The van der Waals surface area contributed by atoms with E-state index < -0.39 is 0 Å². The maximum atomic E-state index is 5.68. The highest BCUT2D eigenvalue weighted by atomic mass is 79.9. The van der Waals surface area contributed by atoms with E-state index in [0.717, 1.165) is 6.42 Å². The Hall–Kier alpha value is 0.440. The van der Waals surface area contributed by atoms with Gasteiger partial charge in [0.1, 0.15) is 0 Å². The number of hydrogen-bond donors (Lipinski definition) is 1. The topological polar surface area (TPSA) is 26.0 Å². The molecule has 0 fully saturated rings. The molecular formula is C20H42BrN. The summed E-state index contributed by atoms with van der Waals surface area (Å²) in [6.45, 7) is 2.29. The molecule has 0 aliphatic carbocycles. The lowest BCUT2D eigenvalue weighted by Crippen LogP contribution is -2.09. The first kappa shape index (κ1) is 22.4. The fraction of sp³-hybridized carbons (Fsp3) is 1.00. The summed E-state index contributed by atoms with van der Waals surface area (Å²) < 4.78 is 0. The van der Waals surface area contributed by atoms with E-state index in [2.05, 4.69) is 22.9 Å². The molecule has 0 aromatic carbocycles. The van der Waals surface area contributed by atoms with Crippen LogP contribution in [0.15, 0.2) is 0 Å². The number of alkyl halides is 1. The Balaban J connectivity index is 2.94. The molecule has 0 amide bonds. The third-order valence-electron chi connectivity index (χ3n) is 4.58. The van der Waals surface area contributed by atoms with Crippen molar-refractivity contribution in [3.63, 3.8) is 0 Å². The summed E-state index contributed by atoms with van der Waals surface area (Å²) in [6, 6.07) is 0.